The lowest BCUT2D eigenvalue weighted by Crippen LogP contribution is -1.80. The molecule has 0 aromatic heterocycles. The summed E-state index contributed by atoms with van der Waals surface area (Å²) in [4.78, 5) is 0. The lowest BCUT2D eigenvalue weighted by Gasteiger charge is -2.13. The minimum atomic E-state index is -1.94. The second-order valence-corrected chi connectivity index (χ2v) is 6.13. The van der Waals surface area contributed by atoms with Crippen molar-refractivity contribution in [3.63, 3.8) is 0 Å². The predicted octanol–water partition coefficient (Wildman–Crippen LogP) is 2.07. The van der Waals surface area contributed by atoms with E-state index in [2.05, 4.69) is 12.2 Å². The molecule has 0 aromatic carbocycles. The molecule has 0 saturated heterocycles. The van der Waals surface area contributed by atoms with Crippen LogP contribution in [0.1, 0.15) is 0 Å². The Labute approximate surface area is 64.5 Å². The SMILES string of the molecule is C#CC1=CSP(=C)(OC)O1. The van der Waals surface area contributed by atoms with Crippen LogP contribution in [0.15, 0.2) is 11.2 Å². The third-order valence-corrected chi connectivity index (χ3v) is 4.60. The van der Waals surface area contributed by atoms with Crippen LogP contribution in [0.2, 0.25) is 0 Å². The van der Waals surface area contributed by atoms with Gasteiger partial charge in [-0.3, -0.25) is 0 Å². The molecule has 1 rings (SSSR count). The van der Waals surface area contributed by atoms with Gasteiger partial charge >= 0.3 is 0 Å². The van der Waals surface area contributed by atoms with Gasteiger partial charge in [0.15, 0.2) is 5.76 Å². The Morgan fingerprint density at radius 1 is 2.00 bits per heavy atom. The third kappa shape index (κ3) is 1.41. The molecule has 1 aliphatic rings. The zero-order valence-corrected chi connectivity index (χ0v) is 7.24. The van der Waals surface area contributed by atoms with Gasteiger partial charge in [0, 0.05) is 12.5 Å². The number of allylic oxidation sites excluding steroid dienone is 1. The van der Waals surface area contributed by atoms with Crippen LogP contribution in [-0.4, -0.2) is 13.4 Å². The van der Waals surface area contributed by atoms with E-state index in [-0.39, 0.29) is 0 Å². The van der Waals surface area contributed by atoms with Gasteiger partial charge in [-0.15, -0.1) is 6.42 Å². The van der Waals surface area contributed by atoms with E-state index >= 15 is 0 Å². The fourth-order valence-corrected chi connectivity index (χ4v) is 2.91. The minimum absolute atomic E-state index is 0.523. The molecule has 1 heterocycles. The zero-order chi connectivity index (χ0) is 7.61. The van der Waals surface area contributed by atoms with Crippen molar-refractivity contribution in [2.24, 2.45) is 0 Å². The fraction of sp³-hybridized carbons (Fsp3) is 0.167. The molecule has 0 bridgehead atoms. The van der Waals surface area contributed by atoms with E-state index in [1.165, 1.54) is 11.4 Å². The molecule has 0 fully saturated rings. The van der Waals surface area contributed by atoms with Gasteiger partial charge in [0.1, 0.15) is 0 Å². The Hall–Kier alpha value is -0.290. The predicted molar refractivity (Wildman–Crippen MR) is 46.6 cm³/mol. The molecule has 0 N–H and O–H groups in total. The standard InChI is InChI=1S/C6H7O2PS/c1-4-6-5-10-9(3,7-2)8-6/h1,5H,3H2,2H3. The number of hydrogen-bond acceptors (Lipinski definition) is 3. The van der Waals surface area contributed by atoms with Crippen molar-refractivity contribution in [3.05, 3.63) is 11.2 Å². The van der Waals surface area contributed by atoms with Crippen molar-refractivity contribution >= 4 is 24.2 Å². The second kappa shape index (κ2) is 2.75. The second-order valence-electron chi connectivity index (χ2n) is 1.62. The van der Waals surface area contributed by atoms with Gasteiger partial charge < -0.3 is 9.05 Å². The molecule has 1 unspecified atom stereocenters. The van der Waals surface area contributed by atoms with Crippen molar-refractivity contribution in [1.82, 2.24) is 0 Å². The normalized spacial score (nSPS) is 30.6. The van der Waals surface area contributed by atoms with E-state index in [4.69, 9.17) is 15.5 Å². The molecule has 4 heteroatoms. The van der Waals surface area contributed by atoms with E-state index in [0.717, 1.165) is 0 Å². The molecule has 0 amide bonds. The van der Waals surface area contributed by atoms with E-state index in [1.54, 1.807) is 12.5 Å². The zero-order valence-electron chi connectivity index (χ0n) is 5.53. The number of rotatable bonds is 1. The molecular formula is C6H7O2PS. The number of hydrogen-bond donors (Lipinski definition) is 0. The van der Waals surface area contributed by atoms with Gasteiger partial charge in [0.2, 0.25) is 6.54 Å². The maximum atomic E-state index is 5.21. The molecule has 0 saturated carbocycles. The largest absolute Gasteiger partial charge is 0.435 e. The quantitative estimate of drug-likeness (QED) is 0.448. The highest BCUT2D eigenvalue weighted by molar-refractivity contribution is 8.59. The Balaban J connectivity index is 2.70. The molecule has 1 atom stereocenters. The maximum Gasteiger partial charge on any atom is 0.228 e. The van der Waals surface area contributed by atoms with Crippen LogP contribution in [0, 0.1) is 12.3 Å². The first-order chi connectivity index (χ1) is 4.70. The highest BCUT2D eigenvalue weighted by Crippen LogP contribution is 2.65. The number of terminal acetylenes is 1. The summed E-state index contributed by atoms with van der Waals surface area (Å²) in [6.45, 7) is -1.94. The summed E-state index contributed by atoms with van der Waals surface area (Å²) in [6.07, 6.45) is 8.86. The van der Waals surface area contributed by atoms with Gasteiger partial charge in [0.05, 0.1) is 0 Å². The van der Waals surface area contributed by atoms with Crippen LogP contribution in [-0.2, 0) is 9.05 Å². The van der Waals surface area contributed by atoms with Crippen LogP contribution < -0.4 is 0 Å². The van der Waals surface area contributed by atoms with Crippen molar-refractivity contribution < 1.29 is 9.05 Å². The van der Waals surface area contributed by atoms with E-state index in [9.17, 15) is 0 Å². The van der Waals surface area contributed by atoms with Crippen LogP contribution in [0.3, 0.4) is 0 Å². The topological polar surface area (TPSA) is 18.5 Å². The smallest absolute Gasteiger partial charge is 0.228 e. The Kier molecular flexibility index (Phi) is 2.15. The summed E-state index contributed by atoms with van der Waals surface area (Å²) in [5, 5.41) is 1.75. The molecule has 0 spiro atoms. The van der Waals surface area contributed by atoms with Gasteiger partial charge in [-0.2, -0.15) is 0 Å². The summed E-state index contributed by atoms with van der Waals surface area (Å²) in [6, 6.07) is 0. The van der Waals surface area contributed by atoms with Crippen LogP contribution >= 0.6 is 17.9 Å². The average Bonchev–Trinajstić information content (AvgIpc) is 2.33. The molecule has 1 aliphatic heterocycles. The fourth-order valence-electron chi connectivity index (χ4n) is 0.462. The Morgan fingerprint density at radius 3 is 3.00 bits per heavy atom. The van der Waals surface area contributed by atoms with Gasteiger partial charge in [-0.05, 0) is 23.6 Å². The van der Waals surface area contributed by atoms with Crippen molar-refractivity contribution in [1.29, 1.82) is 0 Å². The molecule has 0 radical (unpaired) electrons. The molecule has 54 valence electrons. The summed E-state index contributed by atoms with van der Waals surface area (Å²) in [5.74, 6) is 2.90. The molecule has 10 heavy (non-hydrogen) atoms. The average molecular weight is 174 g/mol. The summed E-state index contributed by atoms with van der Waals surface area (Å²) < 4.78 is 10.2. The summed E-state index contributed by atoms with van der Waals surface area (Å²) >= 11 is 1.43. The summed E-state index contributed by atoms with van der Waals surface area (Å²) in [7, 11) is 1.57. The Bertz CT molecular complexity index is 251. The lowest BCUT2D eigenvalue weighted by atomic mass is 10.6. The van der Waals surface area contributed by atoms with E-state index in [1.807, 2.05) is 0 Å². The van der Waals surface area contributed by atoms with Crippen LogP contribution in [0.4, 0.5) is 0 Å². The molecule has 2 nitrogen and oxygen atoms in total. The van der Waals surface area contributed by atoms with Gasteiger partial charge in [0.25, 0.3) is 0 Å². The molecule has 0 aliphatic carbocycles. The first-order valence-corrected chi connectivity index (χ1v) is 5.83. The monoisotopic (exact) mass is 174 g/mol. The third-order valence-electron chi connectivity index (χ3n) is 0.978. The molecule has 0 aromatic rings. The highest BCUT2D eigenvalue weighted by Gasteiger charge is 2.22. The van der Waals surface area contributed by atoms with Crippen molar-refractivity contribution in [2.45, 2.75) is 0 Å². The van der Waals surface area contributed by atoms with Crippen LogP contribution in [0.25, 0.3) is 0 Å². The minimum Gasteiger partial charge on any atom is -0.435 e. The van der Waals surface area contributed by atoms with Crippen molar-refractivity contribution in [3.8, 4) is 12.3 Å². The highest BCUT2D eigenvalue weighted by atomic mass is 32.7. The van der Waals surface area contributed by atoms with Crippen LogP contribution in [0.5, 0.6) is 0 Å². The van der Waals surface area contributed by atoms with Crippen molar-refractivity contribution in [2.75, 3.05) is 7.11 Å². The maximum absolute atomic E-state index is 5.21. The Morgan fingerprint density at radius 2 is 2.70 bits per heavy atom. The first-order valence-electron chi connectivity index (χ1n) is 2.54. The molecular weight excluding hydrogens is 167 g/mol. The van der Waals surface area contributed by atoms with E-state index in [0.29, 0.717) is 5.76 Å². The lowest BCUT2D eigenvalue weighted by molar-refractivity contribution is 0.373. The van der Waals surface area contributed by atoms with Gasteiger partial charge in [-0.1, -0.05) is 0 Å². The van der Waals surface area contributed by atoms with E-state index < -0.39 is 6.54 Å². The van der Waals surface area contributed by atoms with Gasteiger partial charge in [-0.25, -0.2) is 0 Å². The summed E-state index contributed by atoms with van der Waals surface area (Å²) in [5.41, 5.74) is 0. The first kappa shape index (κ1) is 7.81.